The highest BCUT2D eigenvalue weighted by Crippen LogP contribution is 2.09. The molecular weight excluding hydrogens is 220 g/mol. The van der Waals surface area contributed by atoms with Gasteiger partial charge in [-0.2, -0.15) is 0 Å². The Morgan fingerprint density at radius 1 is 1.44 bits per heavy atom. The molecule has 2 unspecified atom stereocenters. The smallest absolute Gasteiger partial charge is 0.162 e. The fourth-order valence-corrected chi connectivity index (χ4v) is 2.97. The van der Waals surface area contributed by atoms with E-state index in [1.54, 1.807) is 0 Å². The van der Waals surface area contributed by atoms with Gasteiger partial charge in [0.25, 0.3) is 0 Å². The third-order valence-corrected chi connectivity index (χ3v) is 4.30. The first kappa shape index (κ1) is 14.2. The molecule has 0 aromatic heterocycles. The zero-order valence-electron chi connectivity index (χ0n) is 10.7. The van der Waals surface area contributed by atoms with Crippen LogP contribution in [0.4, 0.5) is 0 Å². The number of hydrogen-bond acceptors (Lipinski definition) is 3. The van der Waals surface area contributed by atoms with Gasteiger partial charge < -0.3 is 13.9 Å². The van der Waals surface area contributed by atoms with Crippen molar-refractivity contribution in [3.63, 3.8) is 0 Å². The lowest BCUT2D eigenvalue weighted by Crippen LogP contribution is -2.14. The number of epoxide rings is 1. The van der Waals surface area contributed by atoms with Crippen molar-refractivity contribution in [2.24, 2.45) is 0 Å². The molecule has 0 saturated carbocycles. The molecule has 0 bridgehead atoms. The molecule has 1 fully saturated rings. The Bertz CT molecular complexity index is 162. The van der Waals surface area contributed by atoms with Gasteiger partial charge in [0, 0.05) is 12.7 Å². The Balaban J connectivity index is 1.78. The van der Waals surface area contributed by atoms with E-state index >= 15 is 0 Å². The molecule has 0 aliphatic carbocycles. The maximum atomic E-state index is 5.93. The van der Waals surface area contributed by atoms with Gasteiger partial charge in [-0.15, -0.1) is 0 Å². The maximum Gasteiger partial charge on any atom is 0.162 e. The molecule has 1 heterocycles. The summed E-state index contributed by atoms with van der Waals surface area (Å²) in [4.78, 5) is 0. The van der Waals surface area contributed by atoms with Gasteiger partial charge in [0.15, 0.2) is 9.76 Å². The molecule has 0 spiro atoms. The van der Waals surface area contributed by atoms with E-state index in [1.165, 1.54) is 18.9 Å². The van der Waals surface area contributed by atoms with E-state index in [-0.39, 0.29) is 9.76 Å². The number of rotatable bonds is 11. The van der Waals surface area contributed by atoms with Crippen LogP contribution in [-0.4, -0.2) is 41.8 Å². The van der Waals surface area contributed by atoms with Gasteiger partial charge in [-0.3, -0.25) is 0 Å². The van der Waals surface area contributed by atoms with E-state index in [0.717, 1.165) is 32.7 Å². The molecular formula is C12H26O3Si. The molecule has 0 aromatic carbocycles. The lowest BCUT2D eigenvalue weighted by Gasteiger charge is -2.15. The zero-order valence-corrected chi connectivity index (χ0v) is 12.2. The summed E-state index contributed by atoms with van der Waals surface area (Å²) in [5.74, 6) is 0. The average Bonchev–Trinajstić information content (AvgIpc) is 3.10. The molecule has 1 aliphatic rings. The summed E-state index contributed by atoms with van der Waals surface area (Å²) in [7, 11) is -0.310. The summed E-state index contributed by atoms with van der Waals surface area (Å²) in [6, 6.07) is 1.24. The van der Waals surface area contributed by atoms with Crippen LogP contribution in [0.15, 0.2) is 0 Å². The lowest BCUT2D eigenvalue weighted by atomic mass is 10.2. The minimum atomic E-state index is -0.310. The second-order valence-corrected chi connectivity index (χ2v) is 5.88. The molecule has 16 heavy (non-hydrogen) atoms. The summed E-state index contributed by atoms with van der Waals surface area (Å²) in [5.41, 5.74) is 0. The fraction of sp³-hybridized carbons (Fsp3) is 1.00. The van der Waals surface area contributed by atoms with Crippen LogP contribution in [-0.2, 0) is 13.9 Å². The standard InChI is InChI=1S/C12H26O3Si/c1-3-6-11(4-2)15-16-8-5-7-13-9-12-10-14-12/h11-12H,3-10,16H2,1-2H3. The van der Waals surface area contributed by atoms with Gasteiger partial charge in [-0.05, 0) is 25.3 Å². The normalized spacial score (nSPS) is 21.8. The fourth-order valence-electron chi connectivity index (χ4n) is 1.66. The molecule has 96 valence electrons. The van der Waals surface area contributed by atoms with Crippen molar-refractivity contribution in [1.82, 2.24) is 0 Å². The Kier molecular flexibility index (Phi) is 8.11. The van der Waals surface area contributed by atoms with Crippen molar-refractivity contribution in [1.29, 1.82) is 0 Å². The highest BCUT2D eigenvalue weighted by Gasteiger charge is 2.21. The van der Waals surface area contributed by atoms with Gasteiger partial charge in [0.1, 0.15) is 6.10 Å². The largest absolute Gasteiger partial charge is 0.421 e. The molecule has 4 heteroatoms. The van der Waals surface area contributed by atoms with Crippen LogP contribution in [0.1, 0.15) is 39.5 Å². The van der Waals surface area contributed by atoms with E-state index < -0.39 is 0 Å². The summed E-state index contributed by atoms with van der Waals surface area (Å²) in [6.07, 6.45) is 5.70. The van der Waals surface area contributed by atoms with Crippen LogP contribution in [0, 0.1) is 0 Å². The van der Waals surface area contributed by atoms with Crippen LogP contribution in [0.25, 0.3) is 0 Å². The quantitative estimate of drug-likeness (QED) is 0.317. The third-order valence-electron chi connectivity index (χ3n) is 2.81. The Morgan fingerprint density at radius 2 is 2.25 bits per heavy atom. The predicted molar refractivity (Wildman–Crippen MR) is 68.6 cm³/mol. The van der Waals surface area contributed by atoms with E-state index in [0.29, 0.717) is 12.2 Å². The van der Waals surface area contributed by atoms with Crippen LogP contribution < -0.4 is 0 Å². The van der Waals surface area contributed by atoms with Crippen LogP contribution in [0.2, 0.25) is 6.04 Å². The van der Waals surface area contributed by atoms with Crippen LogP contribution >= 0.6 is 0 Å². The summed E-state index contributed by atoms with van der Waals surface area (Å²) in [6.45, 7) is 7.00. The second kappa shape index (κ2) is 9.16. The molecule has 1 aliphatic heterocycles. The summed E-state index contributed by atoms with van der Waals surface area (Å²) >= 11 is 0. The summed E-state index contributed by atoms with van der Waals surface area (Å²) in [5, 5.41) is 0. The first-order chi connectivity index (χ1) is 7.86. The van der Waals surface area contributed by atoms with Crippen LogP contribution in [0.3, 0.4) is 0 Å². The SMILES string of the molecule is CCCC(CC)O[SiH2]CCCOCC1CO1. The molecule has 1 saturated heterocycles. The first-order valence-corrected chi connectivity index (χ1v) is 8.25. The third kappa shape index (κ3) is 7.38. The monoisotopic (exact) mass is 246 g/mol. The van der Waals surface area contributed by atoms with E-state index in [1.807, 2.05) is 0 Å². The Hall–Kier alpha value is 0.0969. The van der Waals surface area contributed by atoms with Crippen molar-refractivity contribution < 1.29 is 13.9 Å². The highest BCUT2D eigenvalue weighted by molar-refractivity contribution is 6.27. The zero-order chi connectivity index (χ0) is 11.6. The second-order valence-electron chi connectivity index (χ2n) is 4.43. The predicted octanol–water partition coefficient (Wildman–Crippen LogP) is 1.89. The molecule has 3 nitrogen and oxygen atoms in total. The minimum Gasteiger partial charge on any atom is -0.421 e. The van der Waals surface area contributed by atoms with Crippen molar-refractivity contribution in [2.45, 2.75) is 57.8 Å². The van der Waals surface area contributed by atoms with Crippen molar-refractivity contribution in [2.75, 3.05) is 19.8 Å². The lowest BCUT2D eigenvalue weighted by molar-refractivity contribution is 0.116. The van der Waals surface area contributed by atoms with Gasteiger partial charge >= 0.3 is 0 Å². The van der Waals surface area contributed by atoms with Crippen molar-refractivity contribution in [3.8, 4) is 0 Å². The maximum absolute atomic E-state index is 5.93. The van der Waals surface area contributed by atoms with E-state index in [9.17, 15) is 0 Å². The average molecular weight is 246 g/mol. The minimum absolute atomic E-state index is 0.310. The molecule has 0 amide bonds. The van der Waals surface area contributed by atoms with Crippen molar-refractivity contribution in [3.05, 3.63) is 0 Å². The topological polar surface area (TPSA) is 31.0 Å². The molecule has 0 radical (unpaired) electrons. The first-order valence-electron chi connectivity index (χ1n) is 6.67. The molecule has 2 atom stereocenters. The number of ether oxygens (including phenoxy) is 2. The van der Waals surface area contributed by atoms with Gasteiger partial charge in [-0.25, -0.2) is 0 Å². The molecule has 1 rings (SSSR count). The van der Waals surface area contributed by atoms with Gasteiger partial charge in [0.2, 0.25) is 0 Å². The highest BCUT2D eigenvalue weighted by atomic mass is 28.2. The van der Waals surface area contributed by atoms with Gasteiger partial charge in [0.05, 0.1) is 13.2 Å². The Labute approximate surface area is 102 Å². The van der Waals surface area contributed by atoms with E-state index in [2.05, 4.69) is 13.8 Å². The van der Waals surface area contributed by atoms with Crippen LogP contribution in [0.5, 0.6) is 0 Å². The van der Waals surface area contributed by atoms with Gasteiger partial charge in [-0.1, -0.05) is 20.3 Å². The summed E-state index contributed by atoms with van der Waals surface area (Å²) < 4.78 is 16.5. The van der Waals surface area contributed by atoms with E-state index in [4.69, 9.17) is 13.9 Å². The Morgan fingerprint density at radius 3 is 2.88 bits per heavy atom. The molecule has 0 aromatic rings. The van der Waals surface area contributed by atoms with Crippen molar-refractivity contribution >= 4 is 9.76 Å². The molecule has 0 N–H and O–H groups in total. The number of hydrogen-bond donors (Lipinski definition) is 0.